The highest BCUT2D eigenvalue weighted by molar-refractivity contribution is 6.35. The first-order valence-electron chi connectivity index (χ1n) is 4.81. The molecular formula is C11H6Cl2FN3O. The molecule has 0 aliphatic heterocycles. The minimum atomic E-state index is -0.568. The van der Waals surface area contributed by atoms with Crippen LogP contribution in [-0.4, -0.2) is 15.9 Å². The number of carbonyl (C=O) groups is 1. The number of carbonyl (C=O) groups excluding carboxylic acids is 1. The highest BCUT2D eigenvalue weighted by Gasteiger charge is 2.13. The molecule has 2 rings (SSSR count). The van der Waals surface area contributed by atoms with Crippen LogP contribution in [-0.2, 0) is 0 Å². The third-order valence-corrected chi connectivity index (χ3v) is 2.51. The van der Waals surface area contributed by atoms with Crippen LogP contribution in [0.1, 0.15) is 10.5 Å². The number of nitrogens with zero attached hydrogens (tertiary/aromatic N) is 2. The predicted octanol–water partition coefficient (Wildman–Crippen LogP) is 3.17. The van der Waals surface area contributed by atoms with Gasteiger partial charge in [-0.3, -0.25) is 4.79 Å². The summed E-state index contributed by atoms with van der Waals surface area (Å²) in [4.78, 5) is 19.3. The summed E-state index contributed by atoms with van der Waals surface area (Å²) >= 11 is 11.5. The lowest BCUT2D eigenvalue weighted by atomic mass is 10.3. The summed E-state index contributed by atoms with van der Waals surface area (Å²) in [6, 6.07) is 5.43. The number of pyridine rings is 2. The molecule has 2 heterocycles. The fourth-order valence-corrected chi connectivity index (χ4v) is 1.54. The fraction of sp³-hybridized carbons (Fsp3) is 0. The lowest BCUT2D eigenvalue weighted by Gasteiger charge is -2.05. The molecule has 2 aromatic heterocycles. The van der Waals surface area contributed by atoms with Crippen LogP contribution >= 0.6 is 23.2 Å². The van der Waals surface area contributed by atoms with Crippen molar-refractivity contribution in [2.24, 2.45) is 0 Å². The average Bonchev–Trinajstić information content (AvgIpc) is 2.35. The molecule has 7 heteroatoms. The van der Waals surface area contributed by atoms with E-state index in [2.05, 4.69) is 15.3 Å². The van der Waals surface area contributed by atoms with Gasteiger partial charge in [0.1, 0.15) is 22.5 Å². The summed E-state index contributed by atoms with van der Waals surface area (Å²) in [7, 11) is 0. The first kappa shape index (κ1) is 12.7. The lowest BCUT2D eigenvalue weighted by Crippen LogP contribution is -2.15. The Bertz CT molecular complexity index is 589. The summed E-state index contributed by atoms with van der Waals surface area (Å²) in [5, 5.41) is 2.75. The molecule has 0 radical (unpaired) electrons. The molecule has 0 aliphatic rings. The van der Waals surface area contributed by atoms with Crippen molar-refractivity contribution in [3.8, 4) is 0 Å². The highest BCUT2D eigenvalue weighted by Crippen LogP contribution is 2.18. The molecule has 1 N–H and O–H groups in total. The fourth-order valence-electron chi connectivity index (χ4n) is 1.20. The summed E-state index contributed by atoms with van der Waals surface area (Å²) in [6.07, 6.45) is 0.989. The summed E-state index contributed by atoms with van der Waals surface area (Å²) in [5.41, 5.74) is -0.0182. The molecule has 4 nitrogen and oxygen atoms in total. The van der Waals surface area contributed by atoms with Gasteiger partial charge in [-0.1, -0.05) is 23.2 Å². The van der Waals surface area contributed by atoms with E-state index in [9.17, 15) is 9.18 Å². The maximum absolute atomic E-state index is 12.6. The molecule has 18 heavy (non-hydrogen) atoms. The van der Waals surface area contributed by atoms with Gasteiger partial charge in [0.2, 0.25) is 0 Å². The molecule has 0 saturated heterocycles. The van der Waals surface area contributed by atoms with E-state index >= 15 is 0 Å². The van der Waals surface area contributed by atoms with Gasteiger partial charge >= 0.3 is 0 Å². The Morgan fingerprint density at radius 1 is 1.22 bits per heavy atom. The summed E-state index contributed by atoms with van der Waals surface area (Å²) in [6.45, 7) is 0. The quantitative estimate of drug-likeness (QED) is 0.863. The van der Waals surface area contributed by atoms with Crippen LogP contribution in [0.3, 0.4) is 0 Å². The van der Waals surface area contributed by atoms with Gasteiger partial charge in [-0.25, -0.2) is 14.4 Å². The molecule has 1 amide bonds. The van der Waals surface area contributed by atoms with E-state index in [4.69, 9.17) is 23.2 Å². The Kier molecular flexibility index (Phi) is 3.74. The number of halogens is 3. The zero-order valence-electron chi connectivity index (χ0n) is 8.82. The summed E-state index contributed by atoms with van der Waals surface area (Å²) in [5.74, 6) is -0.868. The molecule has 0 atom stereocenters. The van der Waals surface area contributed by atoms with Gasteiger partial charge < -0.3 is 5.32 Å². The Morgan fingerprint density at radius 2 is 2.00 bits per heavy atom. The van der Waals surface area contributed by atoms with Gasteiger partial charge in [-0.05, 0) is 24.3 Å². The number of hydrogen-bond donors (Lipinski definition) is 1. The van der Waals surface area contributed by atoms with Crippen molar-refractivity contribution in [3.63, 3.8) is 0 Å². The number of rotatable bonds is 2. The highest BCUT2D eigenvalue weighted by atomic mass is 35.5. The number of hydrogen-bond acceptors (Lipinski definition) is 3. The maximum Gasteiger partial charge on any atom is 0.277 e. The zero-order chi connectivity index (χ0) is 13.1. The van der Waals surface area contributed by atoms with E-state index in [1.54, 1.807) is 0 Å². The van der Waals surface area contributed by atoms with Gasteiger partial charge in [-0.2, -0.15) is 0 Å². The van der Waals surface area contributed by atoms with E-state index < -0.39 is 11.7 Å². The van der Waals surface area contributed by atoms with E-state index in [0.29, 0.717) is 0 Å². The monoisotopic (exact) mass is 285 g/mol. The molecular weight excluding hydrogens is 280 g/mol. The van der Waals surface area contributed by atoms with Crippen LogP contribution in [0.15, 0.2) is 30.5 Å². The second-order valence-electron chi connectivity index (χ2n) is 3.28. The molecule has 0 unspecified atom stereocenters. The van der Waals surface area contributed by atoms with Gasteiger partial charge in [0.05, 0.1) is 11.2 Å². The minimum Gasteiger partial charge on any atom is -0.305 e. The van der Waals surface area contributed by atoms with Gasteiger partial charge in [-0.15, -0.1) is 0 Å². The molecule has 0 aliphatic carbocycles. The SMILES string of the molecule is O=C(Nc1ccc(F)cn1)c1nc(Cl)ccc1Cl. The molecule has 0 bridgehead atoms. The second kappa shape index (κ2) is 5.29. The predicted molar refractivity (Wildman–Crippen MR) is 66.4 cm³/mol. The maximum atomic E-state index is 12.6. The molecule has 0 aromatic carbocycles. The molecule has 0 saturated carbocycles. The largest absolute Gasteiger partial charge is 0.305 e. The first-order chi connectivity index (χ1) is 8.56. The van der Waals surface area contributed by atoms with E-state index in [-0.39, 0.29) is 21.7 Å². The van der Waals surface area contributed by atoms with Crippen LogP contribution < -0.4 is 5.32 Å². The van der Waals surface area contributed by atoms with Gasteiger partial charge in [0.15, 0.2) is 0 Å². The topological polar surface area (TPSA) is 54.9 Å². The normalized spacial score (nSPS) is 10.2. The molecule has 2 aromatic rings. The van der Waals surface area contributed by atoms with Crippen molar-refractivity contribution in [2.75, 3.05) is 5.32 Å². The van der Waals surface area contributed by atoms with Crippen LogP contribution in [0, 0.1) is 5.82 Å². The van der Waals surface area contributed by atoms with E-state index in [0.717, 1.165) is 6.20 Å². The average molecular weight is 286 g/mol. The van der Waals surface area contributed by atoms with Crippen LogP contribution in [0.4, 0.5) is 10.2 Å². The van der Waals surface area contributed by atoms with Crippen molar-refractivity contribution in [3.05, 3.63) is 52.1 Å². The number of nitrogens with one attached hydrogen (secondary N) is 1. The lowest BCUT2D eigenvalue weighted by molar-refractivity contribution is 0.102. The van der Waals surface area contributed by atoms with Gasteiger partial charge in [0.25, 0.3) is 5.91 Å². The van der Waals surface area contributed by atoms with Crippen molar-refractivity contribution < 1.29 is 9.18 Å². The molecule has 92 valence electrons. The number of amides is 1. The first-order valence-corrected chi connectivity index (χ1v) is 5.57. The zero-order valence-corrected chi connectivity index (χ0v) is 10.3. The van der Waals surface area contributed by atoms with Crippen molar-refractivity contribution in [2.45, 2.75) is 0 Å². The van der Waals surface area contributed by atoms with Crippen molar-refractivity contribution in [1.82, 2.24) is 9.97 Å². The third kappa shape index (κ3) is 2.94. The Balaban J connectivity index is 2.21. The van der Waals surface area contributed by atoms with Gasteiger partial charge in [0, 0.05) is 0 Å². The summed E-state index contributed by atoms with van der Waals surface area (Å²) < 4.78 is 12.6. The standard InChI is InChI=1S/C11H6Cl2FN3O/c12-7-2-3-8(13)16-10(7)11(18)17-9-4-1-6(14)5-15-9/h1-5H,(H,15,17,18). The van der Waals surface area contributed by atoms with E-state index in [1.807, 2.05) is 0 Å². The minimum absolute atomic E-state index is 0.0182. The number of aromatic nitrogens is 2. The van der Waals surface area contributed by atoms with Crippen molar-refractivity contribution >= 4 is 34.9 Å². The van der Waals surface area contributed by atoms with Crippen molar-refractivity contribution in [1.29, 1.82) is 0 Å². The number of anilines is 1. The van der Waals surface area contributed by atoms with Crippen LogP contribution in [0.5, 0.6) is 0 Å². The molecule has 0 fully saturated rings. The van der Waals surface area contributed by atoms with Crippen LogP contribution in [0.25, 0.3) is 0 Å². The second-order valence-corrected chi connectivity index (χ2v) is 4.07. The van der Waals surface area contributed by atoms with E-state index in [1.165, 1.54) is 24.3 Å². The smallest absolute Gasteiger partial charge is 0.277 e. The third-order valence-electron chi connectivity index (χ3n) is 2.00. The Hall–Kier alpha value is -1.72. The molecule has 0 spiro atoms. The van der Waals surface area contributed by atoms with Crippen LogP contribution in [0.2, 0.25) is 10.2 Å². The Morgan fingerprint density at radius 3 is 2.67 bits per heavy atom. The Labute approximate surface area is 112 Å².